The molecule has 0 unspecified atom stereocenters. The summed E-state index contributed by atoms with van der Waals surface area (Å²) in [5.41, 5.74) is 3.77. The van der Waals surface area contributed by atoms with Gasteiger partial charge in [0, 0.05) is 19.0 Å². The van der Waals surface area contributed by atoms with Crippen LogP contribution >= 0.6 is 23.2 Å². The third kappa shape index (κ3) is 8.78. The molecule has 48 heavy (non-hydrogen) atoms. The zero-order chi connectivity index (χ0) is 34.3. The van der Waals surface area contributed by atoms with E-state index in [1.807, 2.05) is 68.4 Å². The van der Waals surface area contributed by atoms with Gasteiger partial charge in [-0.3, -0.25) is 13.9 Å². The second-order valence-corrected chi connectivity index (χ2v) is 15.1. The van der Waals surface area contributed by atoms with E-state index < -0.39 is 28.5 Å². The molecular weight excluding hydrogens is 665 g/mol. The molecule has 252 valence electrons. The SMILES string of the molecule is Cc1ccc(S(=O)(=O)N(CC(=O)N(Cc2ccccc2C)[C@@H](Cc2ccccc2)C(=O)NC2CCCCC2)c2ccc(Cl)c(Cl)c2)cc1. The lowest BCUT2D eigenvalue weighted by Crippen LogP contribution is -2.55. The number of benzene rings is 4. The Hall–Kier alpha value is -3.85. The molecule has 10 heteroatoms. The third-order valence-electron chi connectivity index (χ3n) is 8.90. The van der Waals surface area contributed by atoms with Gasteiger partial charge in [-0.2, -0.15) is 0 Å². The number of aryl methyl sites for hydroxylation is 2. The number of nitrogens with zero attached hydrogens (tertiary/aromatic N) is 2. The van der Waals surface area contributed by atoms with E-state index in [4.69, 9.17) is 23.2 Å². The number of carbonyl (C=O) groups is 2. The van der Waals surface area contributed by atoms with Crippen molar-refractivity contribution in [1.29, 1.82) is 0 Å². The van der Waals surface area contributed by atoms with E-state index in [9.17, 15) is 18.0 Å². The number of hydrogen-bond acceptors (Lipinski definition) is 4. The molecule has 1 fully saturated rings. The van der Waals surface area contributed by atoms with Gasteiger partial charge in [0.05, 0.1) is 20.6 Å². The first-order valence-electron chi connectivity index (χ1n) is 16.3. The maximum Gasteiger partial charge on any atom is 0.264 e. The topological polar surface area (TPSA) is 86.8 Å². The Bertz CT molecular complexity index is 1830. The molecule has 7 nitrogen and oxygen atoms in total. The van der Waals surface area contributed by atoms with Crippen molar-refractivity contribution in [3.63, 3.8) is 0 Å². The van der Waals surface area contributed by atoms with Gasteiger partial charge >= 0.3 is 0 Å². The quantitative estimate of drug-likeness (QED) is 0.162. The number of nitrogens with one attached hydrogen (secondary N) is 1. The second-order valence-electron chi connectivity index (χ2n) is 12.4. The molecule has 4 aromatic rings. The van der Waals surface area contributed by atoms with Crippen molar-refractivity contribution < 1.29 is 18.0 Å². The van der Waals surface area contributed by atoms with Crippen LogP contribution in [0.25, 0.3) is 0 Å². The van der Waals surface area contributed by atoms with E-state index in [1.165, 1.54) is 35.2 Å². The van der Waals surface area contributed by atoms with Gasteiger partial charge in [0.2, 0.25) is 11.8 Å². The van der Waals surface area contributed by atoms with Crippen LogP contribution in [0.4, 0.5) is 5.69 Å². The standard InChI is InChI=1S/C38H41Cl2N3O4S/c1-27-17-20-33(21-18-27)48(46,47)43(32-19-22-34(39)35(40)24-32)26-37(44)42(25-30-14-10-9-11-28(30)2)36(23-29-12-5-3-6-13-29)38(45)41-31-15-7-4-8-16-31/h3,5-6,9-14,17-22,24,31,36H,4,7-8,15-16,23,25-26H2,1-2H3,(H,41,45)/t36-/m0/s1. The van der Waals surface area contributed by atoms with E-state index in [0.717, 1.165) is 58.7 Å². The second kappa shape index (κ2) is 16.0. The minimum absolute atomic E-state index is 0.0216. The first kappa shape index (κ1) is 35.5. The number of amides is 2. The Morgan fingerprint density at radius 2 is 1.50 bits per heavy atom. The Balaban J connectivity index is 1.58. The van der Waals surface area contributed by atoms with E-state index in [-0.39, 0.29) is 45.5 Å². The number of carbonyl (C=O) groups excluding carboxylic acids is 2. The predicted molar refractivity (Wildman–Crippen MR) is 193 cm³/mol. The van der Waals surface area contributed by atoms with E-state index in [2.05, 4.69) is 5.32 Å². The highest BCUT2D eigenvalue weighted by Crippen LogP contribution is 2.31. The summed E-state index contributed by atoms with van der Waals surface area (Å²) in [5.74, 6) is -0.782. The summed E-state index contributed by atoms with van der Waals surface area (Å²) in [7, 11) is -4.25. The molecule has 1 saturated carbocycles. The summed E-state index contributed by atoms with van der Waals surface area (Å²) >= 11 is 12.6. The average Bonchev–Trinajstić information content (AvgIpc) is 3.08. The predicted octanol–water partition coefficient (Wildman–Crippen LogP) is 7.89. The van der Waals surface area contributed by atoms with Crippen LogP contribution in [-0.2, 0) is 32.6 Å². The summed E-state index contributed by atoms with van der Waals surface area (Å²) in [5, 5.41) is 3.64. The van der Waals surface area contributed by atoms with Gasteiger partial charge in [0.1, 0.15) is 12.6 Å². The summed E-state index contributed by atoms with van der Waals surface area (Å²) in [6, 6.07) is 27.3. The molecule has 0 bridgehead atoms. The minimum Gasteiger partial charge on any atom is -0.352 e. The van der Waals surface area contributed by atoms with Crippen LogP contribution in [0, 0.1) is 13.8 Å². The lowest BCUT2D eigenvalue weighted by atomic mass is 9.94. The Morgan fingerprint density at radius 3 is 2.17 bits per heavy atom. The van der Waals surface area contributed by atoms with E-state index in [1.54, 1.807) is 12.1 Å². The monoisotopic (exact) mass is 705 g/mol. The first-order valence-corrected chi connectivity index (χ1v) is 18.5. The third-order valence-corrected chi connectivity index (χ3v) is 11.4. The summed E-state index contributed by atoms with van der Waals surface area (Å²) < 4.78 is 29.6. The highest BCUT2D eigenvalue weighted by atomic mass is 35.5. The van der Waals surface area contributed by atoms with Crippen molar-refractivity contribution in [1.82, 2.24) is 10.2 Å². The highest BCUT2D eigenvalue weighted by molar-refractivity contribution is 7.92. The number of halogens is 2. The molecule has 5 rings (SSSR count). The van der Waals surface area contributed by atoms with Crippen molar-refractivity contribution in [3.05, 3.63) is 129 Å². The van der Waals surface area contributed by atoms with Gasteiger partial charge in [-0.15, -0.1) is 0 Å². The number of anilines is 1. The maximum absolute atomic E-state index is 14.7. The van der Waals surface area contributed by atoms with Crippen LogP contribution in [0.1, 0.15) is 54.4 Å². The van der Waals surface area contributed by atoms with Crippen LogP contribution in [0.5, 0.6) is 0 Å². The summed E-state index contributed by atoms with van der Waals surface area (Å²) in [6.07, 6.45) is 5.24. The summed E-state index contributed by atoms with van der Waals surface area (Å²) in [6.45, 7) is 3.37. The number of sulfonamides is 1. The molecule has 0 aliphatic heterocycles. The molecule has 0 spiro atoms. The molecule has 2 amide bonds. The van der Waals surface area contributed by atoms with Crippen molar-refractivity contribution in [2.24, 2.45) is 0 Å². The van der Waals surface area contributed by atoms with Gasteiger partial charge in [-0.1, -0.05) is 115 Å². The van der Waals surface area contributed by atoms with Crippen molar-refractivity contribution in [2.75, 3.05) is 10.8 Å². The summed E-state index contributed by atoms with van der Waals surface area (Å²) in [4.78, 5) is 30.5. The van der Waals surface area contributed by atoms with Crippen LogP contribution in [0.2, 0.25) is 10.0 Å². The lowest BCUT2D eigenvalue weighted by molar-refractivity contribution is -0.140. The molecule has 1 aliphatic rings. The fourth-order valence-corrected chi connectivity index (χ4v) is 7.77. The molecule has 0 saturated heterocycles. The molecule has 1 aliphatic carbocycles. The fourth-order valence-electron chi connectivity index (χ4n) is 6.08. The number of rotatable bonds is 12. The van der Waals surface area contributed by atoms with Crippen molar-refractivity contribution in [2.45, 2.75) is 75.9 Å². The average molecular weight is 707 g/mol. The Morgan fingerprint density at radius 1 is 0.833 bits per heavy atom. The first-order chi connectivity index (χ1) is 23.0. The van der Waals surface area contributed by atoms with E-state index in [0.29, 0.717) is 0 Å². The molecule has 0 radical (unpaired) electrons. The highest BCUT2D eigenvalue weighted by Gasteiger charge is 2.35. The molecular formula is C38H41Cl2N3O4S. The number of hydrogen-bond donors (Lipinski definition) is 1. The van der Waals surface area contributed by atoms with Crippen molar-refractivity contribution >= 4 is 50.7 Å². The van der Waals surface area contributed by atoms with Crippen LogP contribution in [-0.4, -0.2) is 43.8 Å². The normalized spacial score (nSPS) is 14.2. The fraction of sp³-hybridized carbons (Fsp3) is 0.316. The van der Waals surface area contributed by atoms with Gasteiger partial charge < -0.3 is 10.2 Å². The smallest absolute Gasteiger partial charge is 0.264 e. The van der Waals surface area contributed by atoms with Gasteiger partial charge in [0.15, 0.2) is 0 Å². The van der Waals surface area contributed by atoms with Crippen LogP contribution < -0.4 is 9.62 Å². The zero-order valence-electron chi connectivity index (χ0n) is 27.2. The Kier molecular flexibility index (Phi) is 11.8. The molecule has 1 atom stereocenters. The van der Waals surface area contributed by atoms with E-state index >= 15 is 0 Å². The molecule has 4 aromatic carbocycles. The van der Waals surface area contributed by atoms with Gasteiger partial charge in [0.25, 0.3) is 10.0 Å². The lowest BCUT2D eigenvalue weighted by Gasteiger charge is -2.35. The van der Waals surface area contributed by atoms with Gasteiger partial charge in [-0.25, -0.2) is 8.42 Å². The van der Waals surface area contributed by atoms with Crippen molar-refractivity contribution in [3.8, 4) is 0 Å². The maximum atomic E-state index is 14.7. The minimum atomic E-state index is -4.25. The zero-order valence-corrected chi connectivity index (χ0v) is 29.6. The van der Waals surface area contributed by atoms with Gasteiger partial charge in [-0.05, 0) is 73.7 Å². The molecule has 0 aromatic heterocycles. The molecule has 1 N–H and O–H groups in total. The van der Waals surface area contributed by atoms with Crippen LogP contribution in [0.3, 0.4) is 0 Å². The Labute approximate surface area is 293 Å². The van der Waals surface area contributed by atoms with Crippen LogP contribution in [0.15, 0.2) is 102 Å². The largest absolute Gasteiger partial charge is 0.352 e. The molecule has 0 heterocycles.